The third-order valence-electron chi connectivity index (χ3n) is 2.83. The van der Waals surface area contributed by atoms with Gasteiger partial charge < -0.3 is 10.6 Å². The highest BCUT2D eigenvalue weighted by atomic mass is 32.2. The predicted octanol–water partition coefficient (Wildman–Crippen LogP) is -0.570. The van der Waals surface area contributed by atoms with Gasteiger partial charge in [-0.15, -0.1) is 0 Å². The first kappa shape index (κ1) is 15.4. The molecular formula is C11H23N3O3S. The Bertz CT molecular complexity index is 386. The summed E-state index contributed by atoms with van der Waals surface area (Å²) in [6.45, 7) is 5.44. The van der Waals surface area contributed by atoms with Crippen molar-refractivity contribution in [3.8, 4) is 0 Å². The number of sulfonamides is 1. The summed E-state index contributed by atoms with van der Waals surface area (Å²) >= 11 is 0. The monoisotopic (exact) mass is 277 g/mol. The van der Waals surface area contributed by atoms with Gasteiger partial charge >= 0.3 is 0 Å². The first-order chi connectivity index (χ1) is 8.20. The summed E-state index contributed by atoms with van der Waals surface area (Å²) < 4.78 is 24.8. The number of carbonyl (C=O) groups excluding carboxylic acids is 1. The van der Waals surface area contributed by atoms with Gasteiger partial charge in [-0.25, -0.2) is 13.1 Å². The zero-order chi connectivity index (χ0) is 13.8. The molecule has 0 aromatic heterocycles. The van der Waals surface area contributed by atoms with Crippen molar-refractivity contribution in [3.63, 3.8) is 0 Å². The molecule has 1 atom stereocenters. The van der Waals surface area contributed by atoms with Crippen LogP contribution in [0.25, 0.3) is 0 Å². The highest BCUT2D eigenvalue weighted by Gasteiger charge is 2.25. The van der Waals surface area contributed by atoms with Crippen LogP contribution in [0.1, 0.15) is 26.7 Å². The third kappa shape index (κ3) is 5.79. The van der Waals surface area contributed by atoms with Crippen molar-refractivity contribution in [2.45, 2.75) is 32.2 Å². The lowest BCUT2D eigenvalue weighted by Gasteiger charge is -2.27. The van der Waals surface area contributed by atoms with E-state index in [1.807, 2.05) is 0 Å². The minimum Gasteiger partial charge on any atom is -0.354 e. The van der Waals surface area contributed by atoms with Gasteiger partial charge in [-0.1, -0.05) is 0 Å². The summed E-state index contributed by atoms with van der Waals surface area (Å²) in [6, 6.07) is 0. The molecule has 7 heteroatoms. The lowest BCUT2D eigenvalue weighted by molar-refractivity contribution is -0.125. The van der Waals surface area contributed by atoms with Crippen LogP contribution in [0.3, 0.4) is 0 Å². The maximum Gasteiger partial charge on any atom is 0.224 e. The summed E-state index contributed by atoms with van der Waals surface area (Å²) in [5.41, 5.74) is -0.675. The van der Waals surface area contributed by atoms with Crippen LogP contribution in [0.15, 0.2) is 0 Å². The van der Waals surface area contributed by atoms with Gasteiger partial charge in [0.2, 0.25) is 15.9 Å². The van der Waals surface area contributed by atoms with Gasteiger partial charge in [-0.2, -0.15) is 0 Å². The normalized spacial score (nSPS) is 21.6. The third-order valence-corrected chi connectivity index (χ3v) is 3.76. The van der Waals surface area contributed by atoms with E-state index in [2.05, 4.69) is 15.4 Å². The van der Waals surface area contributed by atoms with E-state index >= 15 is 0 Å². The van der Waals surface area contributed by atoms with Crippen molar-refractivity contribution in [3.05, 3.63) is 0 Å². The summed E-state index contributed by atoms with van der Waals surface area (Å²) in [4.78, 5) is 11.9. The molecular weight excluding hydrogens is 254 g/mol. The maximum atomic E-state index is 11.9. The molecule has 1 rings (SSSR count). The van der Waals surface area contributed by atoms with Crippen molar-refractivity contribution in [2.75, 3.05) is 25.9 Å². The van der Waals surface area contributed by atoms with E-state index in [1.54, 1.807) is 13.8 Å². The second-order valence-electron chi connectivity index (χ2n) is 5.52. The van der Waals surface area contributed by atoms with Crippen LogP contribution in [0.2, 0.25) is 0 Å². The molecule has 0 spiro atoms. The second-order valence-corrected chi connectivity index (χ2v) is 7.27. The van der Waals surface area contributed by atoms with Crippen molar-refractivity contribution in [1.82, 2.24) is 15.4 Å². The summed E-state index contributed by atoms with van der Waals surface area (Å²) in [6.07, 6.45) is 3.00. The average molecular weight is 277 g/mol. The molecule has 0 unspecified atom stereocenters. The molecule has 0 aromatic carbocycles. The van der Waals surface area contributed by atoms with Gasteiger partial charge in [0.15, 0.2) is 0 Å². The molecule has 6 nitrogen and oxygen atoms in total. The Morgan fingerprint density at radius 3 is 2.61 bits per heavy atom. The predicted molar refractivity (Wildman–Crippen MR) is 70.7 cm³/mol. The van der Waals surface area contributed by atoms with Gasteiger partial charge in [0, 0.05) is 18.6 Å². The zero-order valence-corrected chi connectivity index (χ0v) is 12.1. The van der Waals surface area contributed by atoms with Crippen LogP contribution in [0.5, 0.6) is 0 Å². The minimum atomic E-state index is -3.27. The fraction of sp³-hybridized carbons (Fsp3) is 0.909. The van der Waals surface area contributed by atoms with Crippen molar-refractivity contribution >= 4 is 15.9 Å². The maximum absolute atomic E-state index is 11.9. The van der Waals surface area contributed by atoms with Crippen LogP contribution < -0.4 is 15.4 Å². The first-order valence-corrected chi connectivity index (χ1v) is 8.06. The van der Waals surface area contributed by atoms with Gasteiger partial charge in [0.05, 0.1) is 12.2 Å². The van der Waals surface area contributed by atoms with Crippen LogP contribution in [0.4, 0.5) is 0 Å². The Morgan fingerprint density at radius 2 is 2.11 bits per heavy atom. The number of nitrogens with one attached hydrogen (secondary N) is 3. The zero-order valence-electron chi connectivity index (χ0n) is 11.2. The Kier molecular flexibility index (Phi) is 5.12. The molecule has 106 valence electrons. The van der Waals surface area contributed by atoms with E-state index in [0.29, 0.717) is 6.54 Å². The van der Waals surface area contributed by atoms with Gasteiger partial charge in [0.25, 0.3) is 0 Å². The Labute approximate surface area is 109 Å². The highest BCUT2D eigenvalue weighted by molar-refractivity contribution is 7.88. The first-order valence-electron chi connectivity index (χ1n) is 6.17. The molecule has 1 saturated heterocycles. The number of carbonyl (C=O) groups is 1. The lowest BCUT2D eigenvalue weighted by Crippen LogP contribution is -2.52. The quantitative estimate of drug-likeness (QED) is 0.628. The van der Waals surface area contributed by atoms with Crippen molar-refractivity contribution in [1.29, 1.82) is 0 Å². The van der Waals surface area contributed by atoms with Gasteiger partial charge in [0.1, 0.15) is 0 Å². The molecule has 1 amide bonds. The topological polar surface area (TPSA) is 87.3 Å². The van der Waals surface area contributed by atoms with Crippen LogP contribution in [-0.2, 0) is 14.8 Å². The second kappa shape index (κ2) is 5.99. The minimum absolute atomic E-state index is 0.00668. The van der Waals surface area contributed by atoms with E-state index in [-0.39, 0.29) is 18.4 Å². The van der Waals surface area contributed by atoms with E-state index in [9.17, 15) is 13.2 Å². The SMILES string of the molecule is CC(C)(CNC(=O)[C@H]1CCCNC1)NS(C)(=O)=O. The largest absolute Gasteiger partial charge is 0.354 e. The van der Waals surface area contributed by atoms with Crippen LogP contribution in [-0.4, -0.2) is 45.8 Å². The number of hydrogen-bond acceptors (Lipinski definition) is 4. The molecule has 0 saturated carbocycles. The highest BCUT2D eigenvalue weighted by Crippen LogP contribution is 2.10. The van der Waals surface area contributed by atoms with Crippen LogP contribution >= 0.6 is 0 Å². The van der Waals surface area contributed by atoms with E-state index in [1.165, 1.54) is 0 Å². The fourth-order valence-corrected chi connectivity index (χ4v) is 3.14. The summed E-state index contributed by atoms with van der Waals surface area (Å²) in [5, 5.41) is 5.99. The molecule has 18 heavy (non-hydrogen) atoms. The Balaban J connectivity index is 2.41. The average Bonchev–Trinajstić information content (AvgIpc) is 2.24. The number of amides is 1. The Morgan fingerprint density at radius 1 is 1.44 bits per heavy atom. The van der Waals surface area contributed by atoms with E-state index in [0.717, 1.165) is 25.6 Å². The van der Waals surface area contributed by atoms with Crippen molar-refractivity contribution in [2.24, 2.45) is 5.92 Å². The standard InChI is InChI=1S/C11H23N3O3S/c1-11(2,14-18(3,16)17)8-13-10(15)9-5-4-6-12-7-9/h9,12,14H,4-8H2,1-3H3,(H,13,15)/t9-/m0/s1. The smallest absolute Gasteiger partial charge is 0.224 e. The molecule has 1 aliphatic heterocycles. The molecule has 1 heterocycles. The number of rotatable bonds is 5. The molecule has 0 aliphatic carbocycles. The molecule has 0 radical (unpaired) electrons. The lowest BCUT2D eigenvalue weighted by atomic mass is 9.98. The molecule has 0 aromatic rings. The Hall–Kier alpha value is -0.660. The molecule has 3 N–H and O–H groups in total. The fourth-order valence-electron chi connectivity index (χ4n) is 2.07. The van der Waals surface area contributed by atoms with Gasteiger partial charge in [-0.05, 0) is 33.2 Å². The molecule has 0 bridgehead atoms. The number of hydrogen-bond donors (Lipinski definition) is 3. The van der Waals surface area contributed by atoms with E-state index in [4.69, 9.17) is 0 Å². The van der Waals surface area contributed by atoms with Crippen molar-refractivity contribution < 1.29 is 13.2 Å². The van der Waals surface area contributed by atoms with Crippen LogP contribution in [0, 0.1) is 5.92 Å². The molecule has 1 fully saturated rings. The number of piperidine rings is 1. The van der Waals surface area contributed by atoms with E-state index < -0.39 is 15.6 Å². The molecule has 1 aliphatic rings. The van der Waals surface area contributed by atoms with Gasteiger partial charge in [-0.3, -0.25) is 4.79 Å². The summed E-state index contributed by atoms with van der Waals surface area (Å²) in [7, 11) is -3.27. The summed E-state index contributed by atoms with van der Waals surface area (Å²) in [5.74, 6) is -0.0154.